The van der Waals surface area contributed by atoms with Crippen LogP contribution in [0, 0.1) is 11.6 Å². The molecule has 0 spiro atoms. The molecule has 1 unspecified atom stereocenters. The van der Waals surface area contributed by atoms with Crippen molar-refractivity contribution in [3.8, 4) is 0 Å². The number of carbonyl (C=O) groups excluding carboxylic acids is 3. The van der Waals surface area contributed by atoms with Crippen LogP contribution in [-0.4, -0.2) is 23.8 Å². The molecule has 0 aliphatic carbocycles. The SMILES string of the molecule is CC(=O)c1cccc(NC(=O)C(C)OC(=O)c2ccc(F)cc2F)c1. The summed E-state index contributed by atoms with van der Waals surface area (Å²) in [5.74, 6) is -3.81. The van der Waals surface area contributed by atoms with Crippen molar-refractivity contribution >= 4 is 23.3 Å². The van der Waals surface area contributed by atoms with Crippen LogP contribution in [0.1, 0.15) is 34.6 Å². The van der Waals surface area contributed by atoms with E-state index in [2.05, 4.69) is 5.32 Å². The smallest absolute Gasteiger partial charge is 0.341 e. The number of amides is 1. The highest BCUT2D eigenvalue weighted by Crippen LogP contribution is 2.14. The molecule has 1 amide bonds. The molecule has 2 rings (SSSR count). The van der Waals surface area contributed by atoms with Gasteiger partial charge in [-0.3, -0.25) is 9.59 Å². The Labute approximate surface area is 142 Å². The number of hydrogen-bond donors (Lipinski definition) is 1. The van der Waals surface area contributed by atoms with E-state index in [1.807, 2.05) is 0 Å². The summed E-state index contributed by atoms with van der Waals surface area (Å²) in [4.78, 5) is 35.3. The average molecular weight is 347 g/mol. The number of halogens is 2. The maximum absolute atomic E-state index is 13.5. The summed E-state index contributed by atoms with van der Waals surface area (Å²) in [6.07, 6.45) is -1.22. The Morgan fingerprint density at radius 3 is 2.44 bits per heavy atom. The number of nitrogens with one attached hydrogen (secondary N) is 1. The van der Waals surface area contributed by atoms with Crippen LogP contribution < -0.4 is 5.32 Å². The molecule has 0 aliphatic heterocycles. The van der Waals surface area contributed by atoms with Gasteiger partial charge in [0.2, 0.25) is 0 Å². The third-order valence-corrected chi connectivity index (χ3v) is 3.34. The minimum Gasteiger partial charge on any atom is -0.449 e. The first kappa shape index (κ1) is 18.3. The number of anilines is 1. The van der Waals surface area contributed by atoms with E-state index in [0.29, 0.717) is 17.3 Å². The topological polar surface area (TPSA) is 72.5 Å². The Balaban J connectivity index is 2.03. The number of carbonyl (C=O) groups is 3. The molecule has 0 saturated heterocycles. The van der Waals surface area contributed by atoms with E-state index in [1.54, 1.807) is 18.2 Å². The Morgan fingerprint density at radius 2 is 1.80 bits per heavy atom. The fraction of sp³-hybridized carbons (Fsp3) is 0.167. The lowest BCUT2D eigenvalue weighted by molar-refractivity contribution is -0.123. The highest BCUT2D eigenvalue weighted by molar-refractivity contribution is 5.99. The summed E-state index contributed by atoms with van der Waals surface area (Å²) in [6, 6.07) is 8.64. The molecule has 1 atom stereocenters. The Morgan fingerprint density at radius 1 is 1.08 bits per heavy atom. The van der Waals surface area contributed by atoms with Crippen LogP contribution in [0.3, 0.4) is 0 Å². The summed E-state index contributed by atoms with van der Waals surface area (Å²) in [6.45, 7) is 2.70. The second kappa shape index (κ2) is 7.65. The quantitative estimate of drug-likeness (QED) is 0.665. The van der Waals surface area contributed by atoms with Crippen molar-refractivity contribution in [3.63, 3.8) is 0 Å². The summed E-state index contributed by atoms with van der Waals surface area (Å²) < 4.78 is 31.3. The lowest BCUT2D eigenvalue weighted by Crippen LogP contribution is -2.30. The van der Waals surface area contributed by atoms with Gasteiger partial charge >= 0.3 is 5.97 Å². The lowest BCUT2D eigenvalue weighted by Gasteiger charge is -2.14. The summed E-state index contributed by atoms with van der Waals surface area (Å²) in [5.41, 5.74) is 0.295. The van der Waals surface area contributed by atoms with Crippen molar-refractivity contribution in [2.75, 3.05) is 5.32 Å². The fourth-order valence-electron chi connectivity index (χ4n) is 1.99. The van der Waals surface area contributed by atoms with Gasteiger partial charge in [0, 0.05) is 17.3 Å². The molecule has 25 heavy (non-hydrogen) atoms. The third-order valence-electron chi connectivity index (χ3n) is 3.34. The molecule has 0 fully saturated rings. The zero-order valence-electron chi connectivity index (χ0n) is 13.5. The molecule has 0 saturated carbocycles. The first-order valence-electron chi connectivity index (χ1n) is 7.36. The van der Waals surface area contributed by atoms with Gasteiger partial charge in [-0.05, 0) is 38.1 Å². The highest BCUT2D eigenvalue weighted by Gasteiger charge is 2.21. The van der Waals surface area contributed by atoms with E-state index in [-0.39, 0.29) is 5.78 Å². The normalized spacial score (nSPS) is 11.5. The van der Waals surface area contributed by atoms with Crippen LogP contribution in [0.4, 0.5) is 14.5 Å². The van der Waals surface area contributed by atoms with Gasteiger partial charge in [-0.1, -0.05) is 12.1 Å². The van der Waals surface area contributed by atoms with Crippen LogP contribution in [0.5, 0.6) is 0 Å². The van der Waals surface area contributed by atoms with Crippen molar-refractivity contribution in [2.24, 2.45) is 0 Å². The zero-order chi connectivity index (χ0) is 18.6. The summed E-state index contributed by atoms with van der Waals surface area (Å²) in [5, 5.41) is 2.50. The van der Waals surface area contributed by atoms with Gasteiger partial charge in [0.05, 0.1) is 5.56 Å². The van der Waals surface area contributed by atoms with Gasteiger partial charge in [0.25, 0.3) is 5.91 Å². The monoisotopic (exact) mass is 347 g/mol. The number of rotatable bonds is 5. The van der Waals surface area contributed by atoms with E-state index >= 15 is 0 Å². The zero-order valence-corrected chi connectivity index (χ0v) is 13.5. The molecule has 5 nitrogen and oxygen atoms in total. The standard InChI is InChI=1S/C18H15F2NO4/c1-10(22)12-4-3-5-14(8-12)21-17(23)11(2)25-18(24)15-7-6-13(19)9-16(15)20/h3-9,11H,1-2H3,(H,21,23). The first-order valence-corrected chi connectivity index (χ1v) is 7.36. The second-order valence-electron chi connectivity index (χ2n) is 5.30. The van der Waals surface area contributed by atoms with Crippen LogP contribution in [0.2, 0.25) is 0 Å². The van der Waals surface area contributed by atoms with Gasteiger partial charge < -0.3 is 10.1 Å². The van der Waals surface area contributed by atoms with Crippen molar-refractivity contribution in [3.05, 3.63) is 65.2 Å². The van der Waals surface area contributed by atoms with Crippen LogP contribution in [-0.2, 0) is 9.53 Å². The number of benzene rings is 2. The molecule has 130 valence electrons. The molecule has 0 aliphatic rings. The molecule has 2 aromatic rings. The van der Waals surface area contributed by atoms with E-state index < -0.39 is 35.2 Å². The van der Waals surface area contributed by atoms with Crippen molar-refractivity contribution in [2.45, 2.75) is 20.0 Å². The van der Waals surface area contributed by atoms with Crippen molar-refractivity contribution in [1.29, 1.82) is 0 Å². The average Bonchev–Trinajstić information content (AvgIpc) is 2.54. The van der Waals surface area contributed by atoms with Crippen molar-refractivity contribution < 1.29 is 27.9 Å². The third kappa shape index (κ3) is 4.69. The van der Waals surface area contributed by atoms with Crippen LogP contribution in [0.25, 0.3) is 0 Å². The van der Waals surface area contributed by atoms with E-state index in [4.69, 9.17) is 4.74 Å². The van der Waals surface area contributed by atoms with Gasteiger partial charge in [-0.2, -0.15) is 0 Å². The predicted molar refractivity (Wildman–Crippen MR) is 86.3 cm³/mol. The van der Waals surface area contributed by atoms with Gasteiger partial charge in [0.1, 0.15) is 11.6 Å². The minimum atomic E-state index is -1.22. The minimum absolute atomic E-state index is 0.164. The number of ether oxygens (including phenoxy) is 1. The maximum Gasteiger partial charge on any atom is 0.341 e. The maximum atomic E-state index is 13.5. The fourth-order valence-corrected chi connectivity index (χ4v) is 1.99. The Bertz CT molecular complexity index is 836. The van der Waals surface area contributed by atoms with Gasteiger partial charge in [-0.15, -0.1) is 0 Å². The molecule has 0 bridgehead atoms. The number of Topliss-reactive ketones (excluding diaryl/α,β-unsaturated/α-hetero) is 1. The molecule has 0 heterocycles. The first-order chi connectivity index (χ1) is 11.8. The van der Waals surface area contributed by atoms with Crippen LogP contribution >= 0.6 is 0 Å². The molecular formula is C18H15F2NO4. The Hall–Kier alpha value is -3.09. The summed E-state index contributed by atoms with van der Waals surface area (Å²) in [7, 11) is 0. The molecule has 0 radical (unpaired) electrons. The molecule has 2 aromatic carbocycles. The summed E-state index contributed by atoms with van der Waals surface area (Å²) >= 11 is 0. The van der Waals surface area contributed by atoms with Gasteiger partial charge in [-0.25, -0.2) is 13.6 Å². The largest absolute Gasteiger partial charge is 0.449 e. The lowest BCUT2D eigenvalue weighted by atomic mass is 10.1. The van der Waals surface area contributed by atoms with Gasteiger partial charge in [0.15, 0.2) is 11.9 Å². The predicted octanol–water partition coefficient (Wildman–Crippen LogP) is 3.35. The number of esters is 1. The number of ketones is 1. The van der Waals surface area contributed by atoms with E-state index in [9.17, 15) is 23.2 Å². The Kier molecular flexibility index (Phi) is 5.59. The van der Waals surface area contributed by atoms with E-state index in [1.165, 1.54) is 19.9 Å². The molecule has 1 N–H and O–H groups in total. The number of hydrogen-bond acceptors (Lipinski definition) is 4. The van der Waals surface area contributed by atoms with E-state index in [0.717, 1.165) is 12.1 Å². The molecule has 0 aromatic heterocycles. The second-order valence-corrected chi connectivity index (χ2v) is 5.30. The molecular weight excluding hydrogens is 332 g/mol. The van der Waals surface area contributed by atoms with Crippen LogP contribution in [0.15, 0.2) is 42.5 Å². The molecule has 7 heteroatoms. The highest BCUT2D eigenvalue weighted by atomic mass is 19.1. The van der Waals surface area contributed by atoms with Crippen molar-refractivity contribution in [1.82, 2.24) is 0 Å².